The Morgan fingerprint density at radius 2 is 0.470 bits per heavy atom. The Labute approximate surface area is 514 Å². The van der Waals surface area contributed by atoms with E-state index in [9.17, 15) is 14.4 Å². The molecule has 1 atom stereocenters. The molecule has 476 valence electrons. The second kappa shape index (κ2) is 70.6. The SMILES string of the molecule is CC/C=C\C/C=C\C/C=C\C/C=C\C/C=C\C/C=C\C/C=C\CCCCCCCCCCCC(=O)OCC(COC(=O)CCCCCCCCCCCCCCCCC)OC(=O)CCCCCCCCCCC/C=C\C/C=C\CCCCC. The van der Waals surface area contributed by atoms with E-state index in [4.69, 9.17) is 14.2 Å². The van der Waals surface area contributed by atoms with Crippen molar-refractivity contribution in [3.05, 3.63) is 109 Å². The molecule has 6 nitrogen and oxygen atoms in total. The van der Waals surface area contributed by atoms with Gasteiger partial charge >= 0.3 is 17.9 Å². The van der Waals surface area contributed by atoms with Crippen LogP contribution < -0.4 is 0 Å². The van der Waals surface area contributed by atoms with E-state index < -0.39 is 6.10 Å². The Balaban J connectivity index is 4.31. The van der Waals surface area contributed by atoms with E-state index in [0.29, 0.717) is 19.3 Å². The van der Waals surface area contributed by atoms with Gasteiger partial charge in [-0.3, -0.25) is 14.4 Å². The largest absolute Gasteiger partial charge is 0.462 e. The number of allylic oxidation sites excluding steroid dienone is 18. The molecule has 0 aromatic heterocycles. The molecule has 0 aromatic rings. The highest BCUT2D eigenvalue weighted by molar-refractivity contribution is 5.71. The van der Waals surface area contributed by atoms with Crippen molar-refractivity contribution in [3.63, 3.8) is 0 Å². The average molecular weight is 1150 g/mol. The van der Waals surface area contributed by atoms with Crippen molar-refractivity contribution in [3.8, 4) is 0 Å². The first kappa shape index (κ1) is 79.1. The Bertz CT molecular complexity index is 1660. The number of carbonyl (C=O) groups excluding carboxylic acids is 3. The summed E-state index contributed by atoms with van der Waals surface area (Å²) in [5.41, 5.74) is 0. The molecule has 0 N–H and O–H groups in total. The molecular formula is C77H132O6. The molecule has 6 heteroatoms. The number of hydrogen-bond donors (Lipinski definition) is 0. The van der Waals surface area contributed by atoms with Crippen molar-refractivity contribution in [2.24, 2.45) is 0 Å². The fraction of sp³-hybridized carbons (Fsp3) is 0.727. The van der Waals surface area contributed by atoms with Crippen LogP contribution >= 0.6 is 0 Å². The van der Waals surface area contributed by atoms with E-state index in [0.717, 1.165) is 116 Å². The van der Waals surface area contributed by atoms with Gasteiger partial charge in [-0.05, 0) is 109 Å². The third kappa shape index (κ3) is 68.7. The van der Waals surface area contributed by atoms with Crippen molar-refractivity contribution in [1.82, 2.24) is 0 Å². The minimum absolute atomic E-state index is 0.0782. The first-order valence-electron chi connectivity index (χ1n) is 35.4. The third-order valence-electron chi connectivity index (χ3n) is 15.3. The lowest BCUT2D eigenvalue weighted by atomic mass is 10.0. The van der Waals surface area contributed by atoms with Crippen molar-refractivity contribution in [2.75, 3.05) is 13.2 Å². The van der Waals surface area contributed by atoms with E-state index in [-0.39, 0.29) is 31.1 Å². The molecule has 0 saturated heterocycles. The van der Waals surface area contributed by atoms with Crippen LogP contribution in [0.3, 0.4) is 0 Å². The average Bonchev–Trinajstić information content (AvgIpc) is 3.49. The molecule has 0 aliphatic rings. The second-order valence-corrected chi connectivity index (χ2v) is 23.4. The van der Waals surface area contributed by atoms with E-state index in [1.165, 1.54) is 186 Å². The number of unbranched alkanes of at least 4 members (excludes halogenated alkanes) is 35. The van der Waals surface area contributed by atoms with Crippen LogP contribution in [-0.4, -0.2) is 37.2 Å². The molecule has 0 amide bonds. The summed E-state index contributed by atoms with van der Waals surface area (Å²) >= 11 is 0. The van der Waals surface area contributed by atoms with Crippen LogP contribution in [0.4, 0.5) is 0 Å². The molecule has 83 heavy (non-hydrogen) atoms. The van der Waals surface area contributed by atoms with Crippen molar-refractivity contribution < 1.29 is 28.6 Å². The van der Waals surface area contributed by atoms with Crippen LogP contribution in [-0.2, 0) is 28.6 Å². The Morgan fingerprint density at radius 3 is 0.759 bits per heavy atom. The van der Waals surface area contributed by atoms with Crippen molar-refractivity contribution in [1.29, 1.82) is 0 Å². The summed E-state index contributed by atoms with van der Waals surface area (Å²) in [7, 11) is 0. The van der Waals surface area contributed by atoms with Crippen LogP contribution in [0.5, 0.6) is 0 Å². The lowest BCUT2D eigenvalue weighted by Crippen LogP contribution is -2.30. The molecule has 0 aliphatic carbocycles. The summed E-state index contributed by atoms with van der Waals surface area (Å²) in [4.78, 5) is 38.5. The van der Waals surface area contributed by atoms with Gasteiger partial charge in [0.25, 0.3) is 0 Å². The van der Waals surface area contributed by atoms with Gasteiger partial charge in [0.2, 0.25) is 0 Å². The van der Waals surface area contributed by atoms with Crippen LogP contribution in [0, 0.1) is 0 Å². The summed E-state index contributed by atoms with van der Waals surface area (Å²) in [6.07, 6.45) is 96.7. The molecule has 1 unspecified atom stereocenters. The summed E-state index contributed by atoms with van der Waals surface area (Å²) in [5.74, 6) is -0.873. The lowest BCUT2D eigenvalue weighted by molar-refractivity contribution is -0.167. The monoisotopic (exact) mass is 1150 g/mol. The molecule has 0 rings (SSSR count). The normalized spacial score (nSPS) is 12.8. The van der Waals surface area contributed by atoms with Gasteiger partial charge in [0.15, 0.2) is 6.10 Å². The number of hydrogen-bond acceptors (Lipinski definition) is 6. The summed E-state index contributed by atoms with van der Waals surface area (Å²) in [6, 6.07) is 0. The molecule has 0 aliphatic heterocycles. The summed E-state index contributed by atoms with van der Waals surface area (Å²) in [5, 5.41) is 0. The second-order valence-electron chi connectivity index (χ2n) is 23.4. The van der Waals surface area contributed by atoms with Crippen LogP contribution in [0.2, 0.25) is 0 Å². The highest BCUT2D eigenvalue weighted by atomic mass is 16.6. The van der Waals surface area contributed by atoms with Crippen LogP contribution in [0.1, 0.15) is 342 Å². The van der Waals surface area contributed by atoms with Gasteiger partial charge in [-0.15, -0.1) is 0 Å². The fourth-order valence-corrected chi connectivity index (χ4v) is 9.99. The summed E-state index contributed by atoms with van der Waals surface area (Å²) < 4.78 is 17.0. The highest BCUT2D eigenvalue weighted by Gasteiger charge is 2.19. The Hall–Kier alpha value is -3.93. The van der Waals surface area contributed by atoms with Gasteiger partial charge in [-0.2, -0.15) is 0 Å². The first-order valence-corrected chi connectivity index (χ1v) is 35.4. The van der Waals surface area contributed by atoms with E-state index >= 15 is 0 Å². The van der Waals surface area contributed by atoms with Gasteiger partial charge in [-0.25, -0.2) is 0 Å². The molecule has 0 radical (unpaired) electrons. The number of esters is 3. The predicted molar refractivity (Wildman–Crippen MR) is 362 cm³/mol. The quantitative estimate of drug-likeness (QED) is 0.0261. The standard InChI is InChI=1S/C77H132O6/c1-4-7-10-13-16-19-22-25-28-30-32-33-34-35-36-37-38-39-40-41-42-43-45-46-49-52-55-58-61-64-67-70-76(79)82-73-74(72-81-75(78)69-66-63-60-57-54-51-48-27-24-21-18-15-12-9-6-3)83-77(80)71-68-65-62-59-56-53-50-47-44-31-29-26-23-20-17-14-11-8-5-2/h7,10,16-17,19-20,25-26,28-29,32-33,35-36,38-39,41-42,74H,4-6,8-9,11-15,18,21-24,27,30-31,34,37,40,43-73H2,1-3H3/b10-7-,19-16-,20-17-,28-25-,29-26-,33-32-,36-35-,39-38-,42-41-. The first-order chi connectivity index (χ1) is 41.0. The fourth-order valence-electron chi connectivity index (χ4n) is 9.99. The molecule has 0 saturated carbocycles. The van der Waals surface area contributed by atoms with E-state index in [1.54, 1.807) is 0 Å². The topological polar surface area (TPSA) is 78.9 Å². The lowest BCUT2D eigenvalue weighted by Gasteiger charge is -2.18. The molecular weight excluding hydrogens is 1020 g/mol. The molecule has 0 spiro atoms. The zero-order valence-corrected chi connectivity index (χ0v) is 54.7. The maximum Gasteiger partial charge on any atom is 0.306 e. The summed E-state index contributed by atoms with van der Waals surface area (Å²) in [6.45, 7) is 6.53. The van der Waals surface area contributed by atoms with Gasteiger partial charge in [0.1, 0.15) is 13.2 Å². The molecule has 0 bridgehead atoms. The minimum atomic E-state index is -0.784. The van der Waals surface area contributed by atoms with Gasteiger partial charge < -0.3 is 14.2 Å². The zero-order valence-electron chi connectivity index (χ0n) is 54.7. The number of ether oxygens (including phenoxy) is 3. The van der Waals surface area contributed by atoms with Crippen LogP contribution in [0.25, 0.3) is 0 Å². The maximum atomic E-state index is 13.0. The van der Waals surface area contributed by atoms with Crippen LogP contribution in [0.15, 0.2) is 109 Å². The van der Waals surface area contributed by atoms with E-state index in [2.05, 4.69) is 130 Å². The van der Waals surface area contributed by atoms with Gasteiger partial charge in [-0.1, -0.05) is 323 Å². The highest BCUT2D eigenvalue weighted by Crippen LogP contribution is 2.17. The smallest absolute Gasteiger partial charge is 0.306 e. The zero-order chi connectivity index (χ0) is 59.9. The van der Waals surface area contributed by atoms with Gasteiger partial charge in [0.05, 0.1) is 0 Å². The molecule has 0 heterocycles. The van der Waals surface area contributed by atoms with E-state index in [1.807, 2.05) is 0 Å². The van der Waals surface area contributed by atoms with Crippen molar-refractivity contribution >= 4 is 17.9 Å². The number of rotatable bonds is 64. The van der Waals surface area contributed by atoms with Gasteiger partial charge in [0, 0.05) is 19.3 Å². The third-order valence-corrected chi connectivity index (χ3v) is 15.3. The van der Waals surface area contributed by atoms with Crippen molar-refractivity contribution in [2.45, 2.75) is 348 Å². The molecule has 0 aromatic carbocycles. The minimum Gasteiger partial charge on any atom is -0.462 e. The predicted octanol–water partition coefficient (Wildman–Crippen LogP) is 24.6. The Morgan fingerprint density at radius 1 is 0.253 bits per heavy atom. The Kier molecular flexibility index (Phi) is 67.2. The molecule has 0 fully saturated rings. The maximum absolute atomic E-state index is 13.0. The number of carbonyl (C=O) groups is 3.